The number of nitrogens with one attached hydrogen (secondary N) is 1. The minimum absolute atomic E-state index is 0.343. The Kier molecular flexibility index (Phi) is 4.60. The van der Waals surface area contributed by atoms with Crippen molar-refractivity contribution in [3.8, 4) is 5.75 Å². The summed E-state index contributed by atoms with van der Waals surface area (Å²) in [5.74, 6) is -0.642. The minimum atomic E-state index is -0.378. The van der Waals surface area contributed by atoms with E-state index in [-0.39, 0.29) is 17.7 Å². The Morgan fingerprint density at radius 1 is 0.897 bits per heavy atom. The maximum atomic E-state index is 12.7. The van der Waals surface area contributed by atoms with Crippen LogP contribution in [0.4, 0.5) is 11.4 Å². The molecule has 1 heterocycles. The van der Waals surface area contributed by atoms with Gasteiger partial charge in [-0.1, -0.05) is 30.3 Å². The number of amides is 3. The highest BCUT2D eigenvalue weighted by atomic mass is 16.5. The topological polar surface area (TPSA) is 75.7 Å². The minimum Gasteiger partial charge on any atom is -0.496 e. The van der Waals surface area contributed by atoms with Gasteiger partial charge in [-0.15, -0.1) is 0 Å². The maximum absolute atomic E-state index is 12.7. The van der Waals surface area contributed by atoms with Gasteiger partial charge < -0.3 is 10.1 Å². The molecule has 0 fully saturated rings. The third-order valence-corrected chi connectivity index (χ3v) is 4.87. The number of carbonyl (C=O) groups is 3. The number of ether oxygens (including phenoxy) is 1. The van der Waals surface area contributed by atoms with Crippen molar-refractivity contribution in [1.29, 1.82) is 0 Å². The third-order valence-electron chi connectivity index (χ3n) is 4.87. The summed E-state index contributed by atoms with van der Waals surface area (Å²) >= 11 is 0. The number of fused-ring (bicyclic) bond motifs is 1. The number of imide groups is 1. The van der Waals surface area contributed by atoms with E-state index in [0.717, 1.165) is 10.5 Å². The van der Waals surface area contributed by atoms with E-state index in [1.54, 1.807) is 66.7 Å². The first-order valence-electron chi connectivity index (χ1n) is 9.04. The summed E-state index contributed by atoms with van der Waals surface area (Å²) < 4.78 is 5.25. The van der Waals surface area contributed by atoms with E-state index < -0.39 is 0 Å². The molecule has 0 aliphatic carbocycles. The largest absolute Gasteiger partial charge is 0.496 e. The van der Waals surface area contributed by atoms with Crippen LogP contribution in [-0.4, -0.2) is 24.8 Å². The molecule has 4 rings (SSSR count). The van der Waals surface area contributed by atoms with Crippen molar-refractivity contribution < 1.29 is 19.1 Å². The normalized spacial score (nSPS) is 12.7. The Morgan fingerprint density at radius 3 is 2.17 bits per heavy atom. The molecule has 1 aliphatic heterocycles. The van der Waals surface area contributed by atoms with Gasteiger partial charge in [0.2, 0.25) is 0 Å². The fourth-order valence-corrected chi connectivity index (χ4v) is 3.33. The Morgan fingerprint density at radius 2 is 1.52 bits per heavy atom. The van der Waals surface area contributed by atoms with E-state index in [1.807, 2.05) is 6.92 Å². The number of hydrogen-bond acceptors (Lipinski definition) is 4. The number of anilines is 2. The molecule has 3 amide bonds. The molecule has 0 unspecified atom stereocenters. The van der Waals surface area contributed by atoms with Crippen LogP contribution in [0.2, 0.25) is 0 Å². The van der Waals surface area contributed by atoms with Gasteiger partial charge in [0.05, 0.1) is 29.5 Å². The predicted octanol–water partition coefficient (Wildman–Crippen LogP) is 4.06. The van der Waals surface area contributed by atoms with Crippen molar-refractivity contribution in [3.63, 3.8) is 0 Å². The number of aryl methyl sites for hydroxylation is 1. The summed E-state index contributed by atoms with van der Waals surface area (Å²) in [6, 6.07) is 18.7. The molecule has 0 spiro atoms. The van der Waals surface area contributed by atoms with Gasteiger partial charge in [-0.25, -0.2) is 4.90 Å². The van der Waals surface area contributed by atoms with E-state index in [0.29, 0.717) is 33.8 Å². The first kappa shape index (κ1) is 18.4. The van der Waals surface area contributed by atoms with Crippen LogP contribution in [0.25, 0.3) is 0 Å². The molecule has 3 aromatic carbocycles. The number of benzene rings is 3. The monoisotopic (exact) mass is 386 g/mol. The van der Waals surface area contributed by atoms with Crippen LogP contribution in [0.5, 0.6) is 5.75 Å². The van der Waals surface area contributed by atoms with Crippen LogP contribution in [0.15, 0.2) is 66.7 Å². The first-order chi connectivity index (χ1) is 14.0. The third kappa shape index (κ3) is 3.14. The number of rotatable bonds is 4. The molecule has 1 N–H and O–H groups in total. The molecule has 0 aromatic heterocycles. The molecule has 0 saturated carbocycles. The number of carbonyl (C=O) groups excluding carboxylic acids is 3. The second-order valence-electron chi connectivity index (χ2n) is 6.64. The molecule has 1 aliphatic rings. The lowest BCUT2D eigenvalue weighted by atomic mass is 10.1. The second kappa shape index (κ2) is 7.24. The van der Waals surface area contributed by atoms with Gasteiger partial charge in [0.15, 0.2) is 0 Å². The van der Waals surface area contributed by atoms with Crippen molar-refractivity contribution in [2.24, 2.45) is 0 Å². The fourth-order valence-electron chi connectivity index (χ4n) is 3.33. The lowest BCUT2D eigenvalue weighted by molar-refractivity contribution is 0.0925. The molecule has 3 aromatic rings. The highest BCUT2D eigenvalue weighted by Gasteiger charge is 2.36. The highest BCUT2D eigenvalue weighted by molar-refractivity contribution is 6.34. The Hall–Kier alpha value is -3.93. The summed E-state index contributed by atoms with van der Waals surface area (Å²) in [5, 5.41) is 2.85. The van der Waals surface area contributed by atoms with Crippen LogP contribution in [0.1, 0.15) is 36.6 Å². The zero-order valence-electron chi connectivity index (χ0n) is 15.9. The van der Waals surface area contributed by atoms with Crippen LogP contribution in [0, 0.1) is 6.92 Å². The summed E-state index contributed by atoms with van der Waals surface area (Å²) in [6.07, 6.45) is 0. The Balaban J connectivity index is 1.66. The summed E-state index contributed by atoms with van der Waals surface area (Å²) in [6.45, 7) is 1.84. The predicted molar refractivity (Wildman–Crippen MR) is 110 cm³/mol. The molecular formula is C23H18N2O4. The van der Waals surface area contributed by atoms with Gasteiger partial charge in [0, 0.05) is 5.69 Å². The SMILES string of the molecule is COc1ccccc1C(=O)Nc1cc(N2C(=O)c3ccccc3C2=O)ccc1C. The van der Waals surface area contributed by atoms with E-state index in [9.17, 15) is 14.4 Å². The summed E-state index contributed by atoms with van der Waals surface area (Å²) in [7, 11) is 1.50. The molecule has 144 valence electrons. The number of methoxy groups -OCH3 is 1. The zero-order valence-corrected chi connectivity index (χ0v) is 15.9. The smallest absolute Gasteiger partial charge is 0.266 e. The lowest BCUT2D eigenvalue weighted by Crippen LogP contribution is -2.29. The maximum Gasteiger partial charge on any atom is 0.266 e. The van der Waals surface area contributed by atoms with Gasteiger partial charge in [0.25, 0.3) is 17.7 Å². The molecule has 6 nitrogen and oxygen atoms in total. The molecular weight excluding hydrogens is 368 g/mol. The van der Waals surface area contributed by atoms with Crippen LogP contribution in [-0.2, 0) is 0 Å². The summed E-state index contributed by atoms with van der Waals surface area (Å²) in [4.78, 5) is 39.3. The highest BCUT2D eigenvalue weighted by Crippen LogP contribution is 2.31. The van der Waals surface area contributed by atoms with Crippen molar-refractivity contribution in [2.45, 2.75) is 6.92 Å². The fraction of sp³-hybridized carbons (Fsp3) is 0.0870. The van der Waals surface area contributed by atoms with Gasteiger partial charge in [-0.05, 0) is 48.9 Å². The molecule has 29 heavy (non-hydrogen) atoms. The van der Waals surface area contributed by atoms with Crippen LogP contribution < -0.4 is 15.0 Å². The molecule has 0 radical (unpaired) electrons. The van der Waals surface area contributed by atoms with Crippen molar-refractivity contribution in [1.82, 2.24) is 0 Å². The molecule has 6 heteroatoms. The second-order valence-corrected chi connectivity index (χ2v) is 6.64. The van der Waals surface area contributed by atoms with Crippen molar-refractivity contribution in [2.75, 3.05) is 17.3 Å². The van der Waals surface area contributed by atoms with E-state index >= 15 is 0 Å². The quantitative estimate of drug-likeness (QED) is 0.686. The number of nitrogens with zero attached hydrogens (tertiary/aromatic N) is 1. The van der Waals surface area contributed by atoms with Gasteiger partial charge >= 0.3 is 0 Å². The van der Waals surface area contributed by atoms with Crippen molar-refractivity contribution >= 4 is 29.1 Å². The first-order valence-corrected chi connectivity index (χ1v) is 9.04. The summed E-state index contributed by atoms with van der Waals surface area (Å²) in [5.41, 5.74) is 2.84. The van der Waals surface area contributed by atoms with Gasteiger partial charge in [0.1, 0.15) is 5.75 Å². The average molecular weight is 386 g/mol. The Bertz CT molecular complexity index is 1120. The molecule has 0 atom stereocenters. The van der Waals surface area contributed by atoms with Crippen molar-refractivity contribution in [3.05, 3.63) is 89.0 Å². The zero-order chi connectivity index (χ0) is 20.5. The van der Waals surface area contributed by atoms with Crippen LogP contribution >= 0.6 is 0 Å². The molecule has 0 saturated heterocycles. The van der Waals surface area contributed by atoms with E-state index in [1.165, 1.54) is 7.11 Å². The van der Waals surface area contributed by atoms with Crippen LogP contribution in [0.3, 0.4) is 0 Å². The molecule has 0 bridgehead atoms. The number of para-hydroxylation sites is 1. The van der Waals surface area contributed by atoms with Gasteiger partial charge in [-0.3, -0.25) is 14.4 Å². The standard InChI is InChI=1S/C23H18N2O4/c1-14-11-12-15(25-22(27)16-7-3-4-8-17(16)23(25)28)13-19(14)24-21(26)18-9-5-6-10-20(18)29-2/h3-13H,1-2H3,(H,24,26). The lowest BCUT2D eigenvalue weighted by Gasteiger charge is -2.17. The average Bonchev–Trinajstić information content (AvgIpc) is 3.00. The Labute approximate surface area is 167 Å². The van der Waals surface area contributed by atoms with E-state index in [4.69, 9.17) is 4.74 Å². The van der Waals surface area contributed by atoms with Gasteiger partial charge in [-0.2, -0.15) is 0 Å². The van der Waals surface area contributed by atoms with E-state index in [2.05, 4.69) is 5.32 Å². The number of hydrogen-bond donors (Lipinski definition) is 1.